The number of amides is 1. The summed E-state index contributed by atoms with van der Waals surface area (Å²) in [6, 6.07) is 15.4. The summed E-state index contributed by atoms with van der Waals surface area (Å²) in [5, 5.41) is 14.0. The minimum Gasteiger partial charge on any atom is -0.365 e. The molecule has 1 aromatic carbocycles. The van der Waals surface area contributed by atoms with E-state index < -0.39 is 0 Å². The standard InChI is InChI=1S/C19H19N5O/c1-14-4-2-5-15(10-14)12-21-18-8-7-17(23-24-18)19(25)22-13-16-6-3-9-20-11-16/h2-11H,12-13H2,1H3,(H,21,24)(H,22,25). The Kier molecular flexibility index (Phi) is 5.31. The molecule has 0 fully saturated rings. The third-order valence-corrected chi connectivity index (χ3v) is 3.63. The van der Waals surface area contributed by atoms with Crippen LogP contribution < -0.4 is 10.6 Å². The Bertz CT molecular complexity index is 834. The lowest BCUT2D eigenvalue weighted by Crippen LogP contribution is -2.24. The van der Waals surface area contributed by atoms with Gasteiger partial charge in [-0.25, -0.2) is 0 Å². The van der Waals surface area contributed by atoms with Crippen LogP contribution in [0.1, 0.15) is 27.2 Å². The summed E-state index contributed by atoms with van der Waals surface area (Å²) in [7, 11) is 0. The van der Waals surface area contributed by atoms with Gasteiger partial charge in [0, 0.05) is 25.5 Å². The summed E-state index contributed by atoms with van der Waals surface area (Å²) in [4.78, 5) is 16.1. The first-order valence-corrected chi connectivity index (χ1v) is 8.01. The molecule has 0 aliphatic carbocycles. The highest BCUT2D eigenvalue weighted by atomic mass is 16.1. The summed E-state index contributed by atoms with van der Waals surface area (Å²) in [5.74, 6) is 0.368. The lowest BCUT2D eigenvalue weighted by Gasteiger charge is -2.07. The van der Waals surface area contributed by atoms with Gasteiger partial charge in [0.25, 0.3) is 5.91 Å². The van der Waals surface area contributed by atoms with Crippen LogP contribution in [-0.4, -0.2) is 21.1 Å². The number of benzene rings is 1. The monoisotopic (exact) mass is 333 g/mol. The molecule has 1 amide bonds. The zero-order valence-corrected chi connectivity index (χ0v) is 13.9. The van der Waals surface area contributed by atoms with E-state index in [0.717, 1.165) is 5.56 Å². The molecule has 0 spiro atoms. The van der Waals surface area contributed by atoms with Gasteiger partial charge >= 0.3 is 0 Å². The van der Waals surface area contributed by atoms with Crippen LogP contribution in [0, 0.1) is 6.92 Å². The molecule has 2 N–H and O–H groups in total. The highest BCUT2D eigenvalue weighted by Crippen LogP contribution is 2.08. The van der Waals surface area contributed by atoms with Crippen molar-refractivity contribution in [1.82, 2.24) is 20.5 Å². The predicted molar refractivity (Wildman–Crippen MR) is 95.9 cm³/mol. The number of pyridine rings is 1. The number of anilines is 1. The Balaban J connectivity index is 1.53. The van der Waals surface area contributed by atoms with Crippen molar-refractivity contribution in [1.29, 1.82) is 0 Å². The van der Waals surface area contributed by atoms with Gasteiger partial charge in [0.1, 0.15) is 5.82 Å². The normalized spacial score (nSPS) is 10.3. The molecule has 0 saturated carbocycles. The Hall–Kier alpha value is -3.28. The highest BCUT2D eigenvalue weighted by molar-refractivity contribution is 5.92. The lowest BCUT2D eigenvalue weighted by molar-refractivity contribution is 0.0945. The summed E-state index contributed by atoms with van der Waals surface area (Å²) in [5.41, 5.74) is 3.59. The third-order valence-electron chi connectivity index (χ3n) is 3.63. The largest absolute Gasteiger partial charge is 0.365 e. The summed E-state index contributed by atoms with van der Waals surface area (Å²) in [6.45, 7) is 3.12. The number of rotatable bonds is 6. The smallest absolute Gasteiger partial charge is 0.272 e. The van der Waals surface area contributed by atoms with Crippen molar-refractivity contribution in [2.45, 2.75) is 20.0 Å². The third kappa shape index (κ3) is 4.84. The number of aromatic nitrogens is 3. The van der Waals surface area contributed by atoms with Crippen LogP contribution in [0.15, 0.2) is 60.9 Å². The molecule has 0 bridgehead atoms. The van der Waals surface area contributed by atoms with E-state index in [4.69, 9.17) is 0 Å². The fraction of sp³-hybridized carbons (Fsp3) is 0.158. The Morgan fingerprint density at radius 2 is 1.88 bits per heavy atom. The van der Waals surface area contributed by atoms with Crippen LogP contribution >= 0.6 is 0 Å². The molecular weight excluding hydrogens is 314 g/mol. The van der Waals surface area contributed by atoms with Gasteiger partial charge in [-0.05, 0) is 36.2 Å². The minimum absolute atomic E-state index is 0.262. The van der Waals surface area contributed by atoms with E-state index in [0.29, 0.717) is 18.9 Å². The molecular formula is C19H19N5O. The van der Waals surface area contributed by atoms with Crippen molar-refractivity contribution in [2.24, 2.45) is 0 Å². The van der Waals surface area contributed by atoms with E-state index in [1.54, 1.807) is 24.5 Å². The lowest BCUT2D eigenvalue weighted by atomic mass is 10.1. The van der Waals surface area contributed by atoms with Gasteiger partial charge in [0.2, 0.25) is 0 Å². The van der Waals surface area contributed by atoms with Crippen LogP contribution in [0.2, 0.25) is 0 Å². The maximum Gasteiger partial charge on any atom is 0.272 e. The maximum absolute atomic E-state index is 12.1. The minimum atomic E-state index is -0.262. The second-order valence-corrected chi connectivity index (χ2v) is 5.69. The second kappa shape index (κ2) is 8.01. The van der Waals surface area contributed by atoms with E-state index in [-0.39, 0.29) is 11.6 Å². The molecule has 25 heavy (non-hydrogen) atoms. The molecule has 6 nitrogen and oxygen atoms in total. The highest BCUT2D eigenvalue weighted by Gasteiger charge is 2.08. The van der Waals surface area contributed by atoms with Gasteiger partial charge in [0.15, 0.2) is 5.69 Å². The number of nitrogens with zero attached hydrogens (tertiary/aromatic N) is 3. The number of hydrogen-bond donors (Lipinski definition) is 2. The Morgan fingerprint density at radius 3 is 2.60 bits per heavy atom. The molecule has 0 unspecified atom stereocenters. The molecule has 0 aliphatic rings. The summed E-state index contributed by atoms with van der Waals surface area (Å²) >= 11 is 0. The van der Waals surface area contributed by atoms with Crippen molar-refractivity contribution < 1.29 is 4.79 Å². The van der Waals surface area contributed by atoms with Crippen LogP contribution in [0.3, 0.4) is 0 Å². The Labute approximate surface area is 146 Å². The maximum atomic E-state index is 12.1. The number of aryl methyl sites for hydroxylation is 1. The molecule has 3 rings (SSSR count). The quantitative estimate of drug-likeness (QED) is 0.725. The van der Waals surface area contributed by atoms with E-state index in [1.165, 1.54) is 11.1 Å². The van der Waals surface area contributed by atoms with Crippen LogP contribution in [0.5, 0.6) is 0 Å². The molecule has 6 heteroatoms. The van der Waals surface area contributed by atoms with Crippen LogP contribution in [0.4, 0.5) is 5.82 Å². The van der Waals surface area contributed by atoms with Crippen LogP contribution in [-0.2, 0) is 13.1 Å². The topological polar surface area (TPSA) is 79.8 Å². The molecule has 0 radical (unpaired) electrons. The van der Waals surface area contributed by atoms with E-state index in [2.05, 4.69) is 44.9 Å². The fourth-order valence-electron chi connectivity index (χ4n) is 2.34. The number of carbonyl (C=O) groups is 1. The zero-order valence-electron chi connectivity index (χ0n) is 13.9. The first-order chi connectivity index (χ1) is 12.2. The van der Waals surface area contributed by atoms with Gasteiger partial charge in [-0.2, -0.15) is 0 Å². The SMILES string of the molecule is Cc1cccc(CNc2ccc(C(=O)NCc3cccnc3)nn2)c1. The number of hydrogen-bond acceptors (Lipinski definition) is 5. The average Bonchev–Trinajstić information content (AvgIpc) is 2.66. The molecule has 0 aliphatic heterocycles. The van der Waals surface area contributed by atoms with Crippen molar-refractivity contribution in [3.63, 3.8) is 0 Å². The van der Waals surface area contributed by atoms with Crippen molar-refractivity contribution in [3.8, 4) is 0 Å². The van der Waals surface area contributed by atoms with Crippen molar-refractivity contribution in [2.75, 3.05) is 5.32 Å². The number of nitrogens with one attached hydrogen (secondary N) is 2. The van der Waals surface area contributed by atoms with Crippen molar-refractivity contribution in [3.05, 3.63) is 83.3 Å². The molecule has 2 aromatic heterocycles. The number of carbonyl (C=O) groups excluding carboxylic acids is 1. The fourth-order valence-corrected chi connectivity index (χ4v) is 2.34. The molecule has 126 valence electrons. The van der Waals surface area contributed by atoms with E-state index >= 15 is 0 Å². The van der Waals surface area contributed by atoms with E-state index in [9.17, 15) is 4.79 Å². The molecule has 0 saturated heterocycles. The second-order valence-electron chi connectivity index (χ2n) is 5.69. The van der Waals surface area contributed by atoms with Crippen molar-refractivity contribution >= 4 is 11.7 Å². The van der Waals surface area contributed by atoms with Gasteiger partial charge in [-0.1, -0.05) is 35.9 Å². The van der Waals surface area contributed by atoms with Gasteiger partial charge in [0.05, 0.1) is 0 Å². The summed E-state index contributed by atoms with van der Waals surface area (Å²) < 4.78 is 0. The average molecular weight is 333 g/mol. The first-order valence-electron chi connectivity index (χ1n) is 8.01. The van der Waals surface area contributed by atoms with Gasteiger partial charge in [-0.3, -0.25) is 9.78 Å². The first kappa shape index (κ1) is 16.6. The van der Waals surface area contributed by atoms with Gasteiger partial charge in [-0.15, -0.1) is 10.2 Å². The van der Waals surface area contributed by atoms with Crippen LogP contribution in [0.25, 0.3) is 0 Å². The molecule has 0 atom stereocenters. The zero-order chi connectivity index (χ0) is 17.5. The van der Waals surface area contributed by atoms with Gasteiger partial charge < -0.3 is 10.6 Å². The van der Waals surface area contributed by atoms with E-state index in [1.807, 2.05) is 24.3 Å². The molecule has 2 heterocycles. The Morgan fingerprint density at radius 1 is 1.00 bits per heavy atom. The summed E-state index contributed by atoms with van der Waals surface area (Å²) in [6.07, 6.45) is 3.41. The predicted octanol–water partition coefficient (Wildman–Crippen LogP) is 2.72. The molecule has 3 aromatic rings.